The van der Waals surface area contributed by atoms with Crippen LogP contribution in [0.4, 0.5) is 11.6 Å². The number of fused-ring (bicyclic) bond motifs is 1. The summed E-state index contributed by atoms with van der Waals surface area (Å²) in [7, 11) is 1.81. The van der Waals surface area contributed by atoms with E-state index in [1.807, 2.05) is 54.1 Å². The number of anilines is 2. The highest BCUT2D eigenvalue weighted by molar-refractivity contribution is 7.17. The molecule has 1 N–H and O–H groups in total. The maximum atomic E-state index is 13.3. The van der Waals surface area contributed by atoms with Crippen molar-refractivity contribution in [1.29, 1.82) is 0 Å². The van der Waals surface area contributed by atoms with Crippen molar-refractivity contribution >= 4 is 45.8 Å². The molecule has 0 saturated carbocycles. The van der Waals surface area contributed by atoms with Gasteiger partial charge in [0.05, 0.1) is 27.0 Å². The second kappa shape index (κ2) is 12.7. The van der Waals surface area contributed by atoms with E-state index in [1.165, 1.54) is 37.0 Å². The first-order chi connectivity index (χ1) is 20.5. The Morgan fingerprint density at radius 2 is 1.95 bits per heavy atom. The van der Waals surface area contributed by atoms with Crippen LogP contribution in [0.15, 0.2) is 71.7 Å². The molecule has 0 atom stereocenters. The summed E-state index contributed by atoms with van der Waals surface area (Å²) in [4.78, 5) is 45.0. The fraction of sp³-hybridized carbons (Fsp3) is 0.323. The van der Waals surface area contributed by atoms with Gasteiger partial charge in [0, 0.05) is 50.6 Å². The lowest BCUT2D eigenvalue weighted by atomic mass is 10.1. The van der Waals surface area contributed by atoms with E-state index in [-0.39, 0.29) is 11.8 Å². The minimum Gasteiger partial charge on any atom is -0.443 e. The number of thiophene rings is 1. The number of carbonyl (C=O) groups is 2. The highest BCUT2D eigenvalue weighted by Crippen LogP contribution is 2.30. The number of oxazole rings is 1. The highest BCUT2D eigenvalue weighted by Gasteiger charge is 2.20. The lowest BCUT2D eigenvalue weighted by Gasteiger charge is -2.27. The summed E-state index contributed by atoms with van der Waals surface area (Å²) in [6.45, 7) is 3.49. The molecule has 0 radical (unpaired) electrons. The first-order valence-corrected chi connectivity index (χ1v) is 15.1. The van der Waals surface area contributed by atoms with Crippen molar-refractivity contribution in [1.82, 2.24) is 24.4 Å². The van der Waals surface area contributed by atoms with Crippen molar-refractivity contribution < 1.29 is 14.0 Å². The topological polar surface area (TPSA) is 109 Å². The number of pyridine rings is 1. The van der Waals surface area contributed by atoms with Gasteiger partial charge >= 0.3 is 0 Å². The summed E-state index contributed by atoms with van der Waals surface area (Å²) in [5.74, 6) is 0.870. The molecule has 1 aromatic carbocycles. The normalized spacial score (nSPS) is 13.8. The maximum Gasteiger partial charge on any atom is 0.268 e. The third kappa shape index (κ3) is 6.27. The second-order valence-electron chi connectivity index (χ2n) is 10.4. The average Bonchev–Trinajstić information content (AvgIpc) is 3.79. The quantitative estimate of drug-likeness (QED) is 0.232. The number of nitrogens with one attached hydrogen (secondary N) is 1. The van der Waals surface area contributed by atoms with Crippen LogP contribution in [0.5, 0.6) is 0 Å². The molecule has 5 aromatic rings. The Kier molecular flexibility index (Phi) is 8.38. The number of piperidine rings is 1. The Hall–Kier alpha value is -4.35. The monoisotopic (exact) mass is 583 g/mol. The summed E-state index contributed by atoms with van der Waals surface area (Å²) in [6.07, 6.45) is 9.60. The highest BCUT2D eigenvalue weighted by atomic mass is 32.1. The smallest absolute Gasteiger partial charge is 0.268 e. The molecule has 5 heterocycles. The molecule has 42 heavy (non-hydrogen) atoms. The Bertz CT molecular complexity index is 1660. The van der Waals surface area contributed by atoms with Crippen molar-refractivity contribution in [2.75, 3.05) is 36.9 Å². The number of nitrogens with zero attached hydrogens (tertiary/aromatic N) is 6. The molecule has 0 unspecified atom stereocenters. The van der Waals surface area contributed by atoms with Crippen LogP contribution in [-0.4, -0.2) is 62.9 Å². The average molecular weight is 584 g/mol. The Balaban J connectivity index is 1.23. The van der Waals surface area contributed by atoms with Crippen LogP contribution in [0.2, 0.25) is 0 Å². The van der Waals surface area contributed by atoms with Gasteiger partial charge in [0.15, 0.2) is 12.2 Å². The summed E-state index contributed by atoms with van der Waals surface area (Å²) >= 11 is 1.32. The van der Waals surface area contributed by atoms with E-state index in [9.17, 15) is 9.59 Å². The van der Waals surface area contributed by atoms with Crippen molar-refractivity contribution in [3.63, 3.8) is 0 Å². The van der Waals surface area contributed by atoms with E-state index >= 15 is 0 Å². The van der Waals surface area contributed by atoms with Gasteiger partial charge in [-0.25, -0.2) is 9.97 Å². The number of aryl methyl sites for hydroxylation is 2. The van der Waals surface area contributed by atoms with Crippen molar-refractivity contribution in [2.24, 2.45) is 0 Å². The van der Waals surface area contributed by atoms with E-state index in [0.29, 0.717) is 41.5 Å². The van der Waals surface area contributed by atoms with E-state index < -0.39 is 0 Å². The molecule has 0 bridgehead atoms. The van der Waals surface area contributed by atoms with Crippen LogP contribution in [0.3, 0.4) is 0 Å². The zero-order chi connectivity index (χ0) is 28.9. The molecule has 1 fully saturated rings. The number of hydrogen-bond donors (Lipinski definition) is 1. The second-order valence-corrected chi connectivity index (χ2v) is 11.5. The Morgan fingerprint density at radius 1 is 1.07 bits per heavy atom. The van der Waals surface area contributed by atoms with Crippen LogP contribution < -0.4 is 10.2 Å². The number of hydrogen-bond acceptors (Lipinski definition) is 8. The molecule has 1 saturated heterocycles. The lowest BCUT2D eigenvalue weighted by molar-refractivity contribution is -0.118. The Labute approximate surface area is 248 Å². The number of rotatable bonds is 10. The third-order valence-electron chi connectivity index (χ3n) is 7.63. The van der Waals surface area contributed by atoms with Gasteiger partial charge in [0.2, 0.25) is 11.9 Å². The SMILES string of the molecule is CN(C(=O)CCN1CCCCC1)c1ccc2c(c1)nc(NC(=O)c1ccc(-c3cnco3)s1)n2CCc1ccccn1. The van der Waals surface area contributed by atoms with Gasteiger partial charge in [-0.2, -0.15) is 0 Å². The van der Waals surface area contributed by atoms with E-state index in [0.717, 1.165) is 41.4 Å². The summed E-state index contributed by atoms with van der Waals surface area (Å²) in [6, 6.07) is 15.3. The summed E-state index contributed by atoms with van der Waals surface area (Å²) in [5, 5.41) is 3.01. The molecule has 1 aliphatic heterocycles. The zero-order valence-corrected chi connectivity index (χ0v) is 24.3. The third-order valence-corrected chi connectivity index (χ3v) is 8.73. The van der Waals surface area contributed by atoms with Crippen LogP contribution in [0.1, 0.15) is 41.0 Å². The van der Waals surface area contributed by atoms with Crippen LogP contribution in [0.25, 0.3) is 21.7 Å². The van der Waals surface area contributed by atoms with Gasteiger partial charge in [0.25, 0.3) is 5.91 Å². The van der Waals surface area contributed by atoms with Crippen LogP contribution in [-0.2, 0) is 17.8 Å². The minimum absolute atomic E-state index is 0.0725. The predicted octanol–water partition coefficient (Wildman–Crippen LogP) is 5.48. The number of benzene rings is 1. The predicted molar refractivity (Wildman–Crippen MR) is 164 cm³/mol. The first-order valence-electron chi connectivity index (χ1n) is 14.2. The molecular weight excluding hydrogens is 550 g/mol. The fourth-order valence-electron chi connectivity index (χ4n) is 5.26. The minimum atomic E-state index is -0.259. The number of likely N-dealkylation sites (tertiary alicyclic amines) is 1. The molecule has 0 aliphatic carbocycles. The molecule has 6 rings (SSSR count). The fourth-order valence-corrected chi connectivity index (χ4v) is 6.12. The largest absolute Gasteiger partial charge is 0.443 e. The number of amides is 2. The molecule has 11 heteroatoms. The molecule has 2 amide bonds. The number of aromatic nitrogens is 4. The molecular formula is C31H33N7O3S. The standard InChI is InChI=1S/C31H33N7O3S/c1-36(29(39)13-17-37-15-5-2-6-16-37)23-8-9-25-24(19-23)34-31(38(25)18-12-22-7-3-4-14-33-22)35-30(40)28-11-10-27(42-28)26-20-32-21-41-26/h3-4,7-11,14,19-21H,2,5-6,12-13,15-18H2,1H3,(H,34,35,40). The van der Waals surface area contributed by atoms with Gasteiger partial charge in [0.1, 0.15) is 0 Å². The van der Waals surface area contributed by atoms with Crippen molar-refractivity contribution in [3.8, 4) is 10.6 Å². The van der Waals surface area contributed by atoms with Crippen LogP contribution in [0, 0.1) is 0 Å². The van der Waals surface area contributed by atoms with E-state index in [2.05, 4.69) is 20.2 Å². The molecule has 10 nitrogen and oxygen atoms in total. The Morgan fingerprint density at radius 3 is 2.74 bits per heavy atom. The summed E-state index contributed by atoms with van der Waals surface area (Å²) in [5.41, 5.74) is 3.29. The van der Waals surface area contributed by atoms with Gasteiger partial charge in [-0.15, -0.1) is 11.3 Å². The van der Waals surface area contributed by atoms with Crippen molar-refractivity contribution in [3.05, 3.63) is 77.9 Å². The van der Waals surface area contributed by atoms with E-state index in [1.54, 1.807) is 23.4 Å². The van der Waals surface area contributed by atoms with Gasteiger partial charge in [-0.05, 0) is 68.4 Å². The maximum absolute atomic E-state index is 13.3. The zero-order valence-electron chi connectivity index (χ0n) is 23.5. The lowest BCUT2D eigenvalue weighted by Crippen LogP contribution is -2.35. The van der Waals surface area contributed by atoms with Gasteiger partial charge < -0.3 is 18.8 Å². The van der Waals surface area contributed by atoms with Gasteiger partial charge in [-0.3, -0.25) is 19.9 Å². The molecule has 4 aromatic heterocycles. The first kappa shape index (κ1) is 27.8. The van der Waals surface area contributed by atoms with E-state index in [4.69, 9.17) is 9.40 Å². The van der Waals surface area contributed by atoms with Crippen molar-refractivity contribution in [2.45, 2.75) is 38.6 Å². The number of imidazole rings is 1. The molecule has 0 spiro atoms. The number of carbonyl (C=O) groups excluding carboxylic acids is 2. The van der Waals surface area contributed by atoms with Crippen LogP contribution >= 0.6 is 11.3 Å². The molecule has 1 aliphatic rings. The summed E-state index contributed by atoms with van der Waals surface area (Å²) < 4.78 is 7.37. The van der Waals surface area contributed by atoms with Gasteiger partial charge in [-0.1, -0.05) is 12.5 Å². The molecule has 216 valence electrons.